The molecule has 0 saturated carbocycles. The van der Waals surface area contributed by atoms with Crippen LogP contribution in [0.5, 0.6) is 0 Å². The van der Waals surface area contributed by atoms with Gasteiger partial charge in [0.1, 0.15) is 0 Å². The fourth-order valence-electron chi connectivity index (χ4n) is 0.159. The third-order valence-corrected chi connectivity index (χ3v) is 0.837. The molecule has 0 radical (unpaired) electrons. The molecule has 0 fully saturated rings. The smallest absolute Gasteiger partial charge is 0.258 e. The van der Waals surface area contributed by atoms with Crippen LogP contribution in [0, 0.1) is 0 Å². The molecule has 0 aliphatic rings. The maximum atomic E-state index is 11.2. The Labute approximate surface area is 57.3 Å². The van der Waals surface area contributed by atoms with Gasteiger partial charge in [-0.15, -0.1) is 4.99 Å². The van der Waals surface area contributed by atoms with Gasteiger partial charge in [-0.3, -0.25) is 4.79 Å². The summed E-state index contributed by atoms with van der Waals surface area (Å²) in [4.78, 5) is 21.3. The molecular weight excluding hydrogens is 171 g/mol. The van der Waals surface area contributed by atoms with Gasteiger partial charge in [0.2, 0.25) is 6.08 Å². The van der Waals surface area contributed by atoms with E-state index in [4.69, 9.17) is 0 Å². The lowest BCUT2D eigenvalue weighted by atomic mass is 11.3. The normalized spacial score (nSPS) is 10.3. The van der Waals surface area contributed by atoms with Gasteiger partial charge in [-0.25, -0.2) is 4.79 Å². The van der Waals surface area contributed by atoms with Gasteiger partial charge in [0, 0.05) is 0 Å². The van der Waals surface area contributed by atoms with Gasteiger partial charge in [0.05, 0.1) is 11.8 Å². The van der Waals surface area contributed by atoms with E-state index in [2.05, 4.69) is 4.99 Å². The number of alkyl halides is 3. The highest BCUT2D eigenvalue weighted by molar-refractivity contribution is 8.14. The number of carbonyl (C=O) groups is 1. The van der Waals surface area contributed by atoms with Crippen molar-refractivity contribution in [1.82, 2.24) is 0 Å². The summed E-state index contributed by atoms with van der Waals surface area (Å²) < 4.78 is 33.5. The number of hydrogen-bond donors (Lipinski definition) is 0. The van der Waals surface area contributed by atoms with Crippen molar-refractivity contribution in [1.29, 1.82) is 0 Å². The lowest BCUT2D eigenvalue weighted by molar-refractivity contribution is -0.0319. The van der Waals surface area contributed by atoms with Crippen LogP contribution in [0.15, 0.2) is 4.99 Å². The van der Waals surface area contributed by atoms with Crippen LogP contribution in [0.25, 0.3) is 0 Å². The van der Waals surface area contributed by atoms with Crippen molar-refractivity contribution in [2.75, 3.05) is 0 Å². The Hall–Kier alpha value is -0.810. The SMILES string of the molecule is O=C=NC(=O)SC(F)(F)F. The summed E-state index contributed by atoms with van der Waals surface area (Å²) in [5.41, 5.74) is -4.68. The van der Waals surface area contributed by atoms with E-state index < -0.39 is 22.5 Å². The summed E-state index contributed by atoms with van der Waals surface area (Å²) in [6, 6.07) is 0. The standard InChI is InChI=1S/C3F3NO2S/c4-3(5,6)10-2(9)7-1-8. The van der Waals surface area contributed by atoms with Gasteiger partial charge in [0.25, 0.3) is 0 Å². The van der Waals surface area contributed by atoms with Gasteiger partial charge in [-0.05, 0) is 0 Å². The molecule has 0 N–H and O–H groups in total. The van der Waals surface area contributed by atoms with E-state index in [0.29, 0.717) is 6.08 Å². The second-order valence-electron chi connectivity index (χ2n) is 1.02. The number of aliphatic imine (C=N–C) groups is 1. The molecule has 0 aromatic heterocycles. The summed E-state index contributed by atoms with van der Waals surface area (Å²) in [6.07, 6.45) is 0.695. The zero-order valence-electron chi connectivity index (χ0n) is 4.31. The summed E-state index contributed by atoms with van der Waals surface area (Å²) in [7, 11) is 0. The number of halogens is 3. The molecule has 10 heavy (non-hydrogen) atoms. The molecule has 56 valence electrons. The Bertz CT molecular complexity index is 183. The van der Waals surface area contributed by atoms with Gasteiger partial charge in [-0.2, -0.15) is 13.2 Å². The maximum absolute atomic E-state index is 11.2. The average Bonchev–Trinajstić information content (AvgIpc) is 1.59. The minimum absolute atomic E-state index is 0.695. The molecule has 0 saturated heterocycles. The Morgan fingerprint density at radius 1 is 1.50 bits per heavy atom. The van der Waals surface area contributed by atoms with Crippen LogP contribution >= 0.6 is 11.8 Å². The Morgan fingerprint density at radius 3 is 2.30 bits per heavy atom. The molecule has 0 aromatic carbocycles. The van der Waals surface area contributed by atoms with Crippen LogP contribution in [0.1, 0.15) is 0 Å². The van der Waals surface area contributed by atoms with Crippen LogP contribution in [-0.2, 0) is 4.79 Å². The number of thioether (sulfide) groups is 1. The molecule has 7 heteroatoms. The number of carbonyl (C=O) groups excluding carboxylic acids is 2. The fraction of sp³-hybridized carbons (Fsp3) is 0.333. The van der Waals surface area contributed by atoms with Crippen LogP contribution < -0.4 is 0 Å². The van der Waals surface area contributed by atoms with E-state index >= 15 is 0 Å². The molecule has 3 nitrogen and oxygen atoms in total. The Morgan fingerprint density at radius 2 is 2.00 bits per heavy atom. The molecule has 0 spiro atoms. The first kappa shape index (κ1) is 9.19. The third-order valence-electron chi connectivity index (χ3n) is 0.340. The lowest BCUT2D eigenvalue weighted by Crippen LogP contribution is -2.02. The molecule has 0 atom stereocenters. The van der Waals surface area contributed by atoms with Crippen molar-refractivity contribution in [3.05, 3.63) is 0 Å². The first-order valence-electron chi connectivity index (χ1n) is 1.83. The molecule has 0 aliphatic heterocycles. The predicted octanol–water partition coefficient (Wildman–Crippen LogP) is 1.70. The molecule has 1 amide bonds. The summed E-state index contributed by atoms with van der Waals surface area (Å²) in [6.45, 7) is 0. The summed E-state index contributed by atoms with van der Waals surface area (Å²) in [5.74, 6) is 0. The highest BCUT2D eigenvalue weighted by atomic mass is 32.2. The van der Waals surface area contributed by atoms with Gasteiger partial charge in [0.15, 0.2) is 0 Å². The second kappa shape index (κ2) is 3.38. The zero-order valence-corrected chi connectivity index (χ0v) is 5.12. The predicted molar refractivity (Wildman–Crippen MR) is 27.2 cm³/mol. The molecule has 0 unspecified atom stereocenters. The number of nitrogens with zero attached hydrogens (tertiary/aromatic N) is 1. The number of rotatable bonds is 0. The van der Waals surface area contributed by atoms with Gasteiger partial charge < -0.3 is 0 Å². The van der Waals surface area contributed by atoms with E-state index in [0.717, 1.165) is 0 Å². The minimum atomic E-state index is -4.68. The lowest BCUT2D eigenvalue weighted by Gasteiger charge is -1.97. The van der Waals surface area contributed by atoms with Crippen LogP contribution in [0.4, 0.5) is 18.0 Å². The Kier molecular flexibility index (Phi) is 3.11. The third kappa shape index (κ3) is 5.33. The van der Waals surface area contributed by atoms with E-state index in [1.807, 2.05) is 0 Å². The van der Waals surface area contributed by atoms with Crippen molar-refractivity contribution in [3.63, 3.8) is 0 Å². The molecule has 0 aliphatic carbocycles. The largest absolute Gasteiger partial charge is 0.451 e. The van der Waals surface area contributed by atoms with Crippen molar-refractivity contribution in [3.8, 4) is 0 Å². The van der Waals surface area contributed by atoms with Crippen LogP contribution in [-0.4, -0.2) is 16.8 Å². The fourth-order valence-corrected chi connectivity index (χ4v) is 0.440. The topological polar surface area (TPSA) is 46.5 Å². The highest BCUT2D eigenvalue weighted by Crippen LogP contribution is 2.31. The number of hydrogen-bond acceptors (Lipinski definition) is 3. The molecule has 0 rings (SSSR count). The van der Waals surface area contributed by atoms with E-state index in [-0.39, 0.29) is 0 Å². The number of isocyanates is 1. The average molecular weight is 171 g/mol. The second-order valence-corrected chi connectivity index (χ2v) is 2.03. The van der Waals surface area contributed by atoms with Crippen LogP contribution in [0.2, 0.25) is 0 Å². The molecule has 0 bridgehead atoms. The minimum Gasteiger partial charge on any atom is -0.258 e. The quantitative estimate of drug-likeness (QED) is 0.411. The summed E-state index contributed by atoms with van der Waals surface area (Å²) >= 11 is -0.987. The molecule has 0 heterocycles. The summed E-state index contributed by atoms with van der Waals surface area (Å²) in [5, 5.41) is -1.61. The van der Waals surface area contributed by atoms with E-state index in [9.17, 15) is 22.8 Å². The Balaban J connectivity index is 3.92. The molecular formula is C3F3NO2S. The van der Waals surface area contributed by atoms with Gasteiger partial charge >= 0.3 is 10.7 Å². The highest BCUT2D eigenvalue weighted by Gasteiger charge is 2.32. The van der Waals surface area contributed by atoms with E-state index in [1.165, 1.54) is 0 Å². The van der Waals surface area contributed by atoms with Gasteiger partial charge in [-0.1, -0.05) is 0 Å². The first-order valence-corrected chi connectivity index (χ1v) is 2.65. The van der Waals surface area contributed by atoms with Crippen molar-refractivity contribution in [2.45, 2.75) is 5.51 Å². The first-order chi connectivity index (χ1) is 4.45. The monoisotopic (exact) mass is 171 g/mol. The van der Waals surface area contributed by atoms with E-state index in [1.54, 1.807) is 0 Å². The van der Waals surface area contributed by atoms with Crippen LogP contribution in [0.3, 0.4) is 0 Å². The number of amides is 1. The van der Waals surface area contributed by atoms with Crippen molar-refractivity contribution in [2.24, 2.45) is 4.99 Å². The van der Waals surface area contributed by atoms with Crippen molar-refractivity contribution >= 4 is 23.1 Å². The van der Waals surface area contributed by atoms with Crippen molar-refractivity contribution < 1.29 is 22.8 Å². The maximum Gasteiger partial charge on any atom is 0.451 e. The molecule has 0 aromatic rings. The zero-order chi connectivity index (χ0) is 8.20.